The number of aliphatic carboxylic acids is 2. The molecule has 6 nitrogen and oxygen atoms in total. The molecule has 0 aliphatic rings. The molecule has 0 saturated carbocycles. The van der Waals surface area contributed by atoms with Crippen molar-refractivity contribution in [2.75, 3.05) is 0 Å². The number of hydrogen-bond acceptors (Lipinski definition) is 4. The normalized spacial score (nSPS) is 9.86. The number of carboxylic acid groups (broad SMARTS) is 2. The van der Waals surface area contributed by atoms with Crippen LogP contribution in [0, 0.1) is 5.92 Å². The molecule has 0 radical (unpaired) electrons. The maximum Gasteiger partial charge on any atom is 0.372 e. The van der Waals surface area contributed by atoms with Crippen molar-refractivity contribution in [1.82, 2.24) is 0 Å². The number of carbonyl (C=O) groups excluding carboxylic acids is 2. The molecule has 0 aromatic rings. The summed E-state index contributed by atoms with van der Waals surface area (Å²) in [6.45, 7) is 1.45. The van der Waals surface area contributed by atoms with Crippen molar-refractivity contribution in [2.24, 2.45) is 5.92 Å². The Hall–Kier alpha value is -1.72. The minimum atomic E-state index is -1.57. The van der Waals surface area contributed by atoms with E-state index in [4.69, 9.17) is 10.2 Å². The van der Waals surface area contributed by atoms with Crippen LogP contribution in [0.25, 0.3) is 0 Å². The molecule has 6 heteroatoms. The quantitative estimate of drug-likeness (QED) is 0.573. The van der Waals surface area contributed by atoms with Gasteiger partial charge in [-0.3, -0.25) is 9.59 Å². The first kappa shape index (κ1) is 12.3. The van der Waals surface area contributed by atoms with Gasteiger partial charge < -0.3 is 10.2 Å². The minimum absolute atomic E-state index is 0.325. The highest BCUT2D eigenvalue weighted by Gasteiger charge is 2.20. The van der Waals surface area contributed by atoms with E-state index in [0.29, 0.717) is 0 Å². The zero-order valence-corrected chi connectivity index (χ0v) is 7.52. The van der Waals surface area contributed by atoms with E-state index in [1.54, 1.807) is 0 Å². The summed E-state index contributed by atoms with van der Waals surface area (Å²) >= 11 is 0. The summed E-state index contributed by atoms with van der Waals surface area (Å²) in [6.07, 6.45) is -0.650. The van der Waals surface area contributed by atoms with E-state index in [1.165, 1.54) is 6.92 Å². The molecule has 0 fully saturated rings. The number of carbonyl (C=O) groups is 4. The Labute approximate surface area is 79.5 Å². The van der Waals surface area contributed by atoms with E-state index in [9.17, 15) is 19.2 Å². The zero-order chi connectivity index (χ0) is 11.3. The Morgan fingerprint density at radius 1 is 0.929 bits per heavy atom. The number of hydrogen-bond donors (Lipinski definition) is 2. The van der Waals surface area contributed by atoms with Gasteiger partial charge in [0.05, 0.1) is 0 Å². The molecule has 0 rings (SSSR count). The van der Waals surface area contributed by atoms with Crippen LogP contribution in [0.5, 0.6) is 0 Å². The highest BCUT2D eigenvalue weighted by Crippen LogP contribution is 2.08. The van der Waals surface area contributed by atoms with Gasteiger partial charge in [-0.05, 0) is 5.92 Å². The lowest BCUT2D eigenvalue weighted by atomic mass is 9.98. The molecule has 0 aromatic carbocycles. The molecular weight excluding hydrogens is 192 g/mol. The third-order valence-electron chi connectivity index (χ3n) is 1.54. The molecule has 0 saturated heterocycles. The third kappa shape index (κ3) is 4.34. The van der Waals surface area contributed by atoms with Crippen molar-refractivity contribution in [2.45, 2.75) is 19.8 Å². The lowest BCUT2D eigenvalue weighted by Crippen LogP contribution is -2.20. The van der Waals surface area contributed by atoms with Gasteiger partial charge in [-0.2, -0.15) is 0 Å². The van der Waals surface area contributed by atoms with Crippen molar-refractivity contribution in [3.63, 3.8) is 0 Å². The molecule has 0 aromatic heterocycles. The van der Waals surface area contributed by atoms with Crippen molar-refractivity contribution in [3.05, 3.63) is 0 Å². The Morgan fingerprint density at radius 2 is 1.21 bits per heavy atom. The summed E-state index contributed by atoms with van der Waals surface area (Å²) in [7, 11) is 0. The molecule has 0 bridgehead atoms. The predicted molar refractivity (Wildman–Crippen MR) is 43.7 cm³/mol. The molecule has 0 spiro atoms. The van der Waals surface area contributed by atoms with Crippen LogP contribution in [0.4, 0.5) is 0 Å². The van der Waals surface area contributed by atoms with Gasteiger partial charge in [-0.15, -0.1) is 0 Å². The van der Waals surface area contributed by atoms with Crippen LogP contribution in [0.2, 0.25) is 0 Å². The molecule has 0 amide bonds. The van der Waals surface area contributed by atoms with Crippen LogP contribution >= 0.6 is 0 Å². The Balaban J connectivity index is 4.05. The maximum absolute atomic E-state index is 10.6. The van der Waals surface area contributed by atoms with Crippen LogP contribution in [0.3, 0.4) is 0 Å². The molecule has 2 N–H and O–H groups in total. The van der Waals surface area contributed by atoms with E-state index < -0.39 is 29.4 Å². The minimum Gasteiger partial charge on any atom is -0.476 e. The summed E-state index contributed by atoms with van der Waals surface area (Å²) < 4.78 is 0. The van der Waals surface area contributed by atoms with Gasteiger partial charge in [0.25, 0.3) is 0 Å². The third-order valence-corrected chi connectivity index (χ3v) is 1.54. The lowest BCUT2D eigenvalue weighted by molar-refractivity contribution is -0.150. The van der Waals surface area contributed by atoms with Gasteiger partial charge in [0, 0.05) is 12.8 Å². The smallest absolute Gasteiger partial charge is 0.372 e. The molecule has 0 heterocycles. The average molecular weight is 202 g/mol. The topological polar surface area (TPSA) is 109 Å². The Morgan fingerprint density at radius 3 is 1.43 bits per heavy atom. The fraction of sp³-hybridized carbons (Fsp3) is 0.500. The first-order valence-electron chi connectivity index (χ1n) is 3.86. The number of rotatable bonds is 6. The maximum atomic E-state index is 10.6. The number of Topliss-reactive ketones (excluding diaryl/α,β-unsaturated/α-hetero) is 2. The highest BCUT2D eigenvalue weighted by atomic mass is 16.4. The zero-order valence-electron chi connectivity index (χ0n) is 7.52. The highest BCUT2D eigenvalue weighted by molar-refractivity contribution is 6.34. The molecule has 0 atom stereocenters. The van der Waals surface area contributed by atoms with Gasteiger partial charge >= 0.3 is 11.9 Å². The van der Waals surface area contributed by atoms with Crippen LogP contribution < -0.4 is 0 Å². The molecule has 78 valence electrons. The summed E-state index contributed by atoms with van der Waals surface area (Å²) in [6, 6.07) is 0. The van der Waals surface area contributed by atoms with Crippen molar-refractivity contribution in [1.29, 1.82) is 0 Å². The Kier molecular flexibility index (Phi) is 4.48. The number of ketones is 2. The second-order valence-corrected chi connectivity index (χ2v) is 2.97. The fourth-order valence-corrected chi connectivity index (χ4v) is 0.880. The molecule has 0 unspecified atom stereocenters. The fourth-order valence-electron chi connectivity index (χ4n) is 0.880. The molecule has 0 aliphatic heterocycles. The number of carboxylic acids is 2. The second kappa shape index (κ2) is 5.11. The van der Waals surface area contributed by atoms with Gasteiger partial charge in [0.2, 0.25) is 11.6 Å². The molecular formula is C8H10O6. The monoisotopic (exact) mass is 202 g/mol. The van der Waals surface area contributed by atoms with E-state index in [-0.39, 0.29) is 12.8 Å². The first-order valence-corrected chi connectivity index (χ1v) is 3.86. The van der Waals surface area contributed by atoms with Crippen LogP contribution in [-0.2, 0) is 19.2 Å². The van der Waals surface area contributed by atoms with E-state index in [1.807, 2.05) is 0 Å². The molecule has 14 heavy (non-hydrogen) atoms. The van der Waals surface area contributed by atoms with Gasteiger partial charge in [0.1, 0.15) is 0 Å². The van der Waals surface area contributed by atoms with Gasteiger partial charge in [-0.25, -0.2) is 9.59 Å². The van der Waals surface area contributed by atoms with Gasteiger partial charge in [0.15, 0.2) is 0 Å². The summed E-state index contributed by atoms with van der Waals surface area (Å²) in [5.41, 5.74) is 0. The van der Waals surface area contributed by atoms with Crippen molar-refractivity contribution < 1.29 is 29.4 Å². The average Bonchev–Trinajstić information content (AvgIpc) is 2.03. The SMILES string of the molecule is CC(CC(=O)C(=O)O)CC(=O)C(=O)O. The van der Waals surface area contributed by atoms with Crippen molar-refractivity contribution in [3.8, 4) is 0 Å². The van der Waals surface area contributed by atoms with Crippen LogP contribution in [-0.4, -0.2) is 33.7 Å². The van der Waals surface area contributed by atoms with E-state index in [0.717, 1.165) is 0 Å². The summed E-state index contributed by atoms with van der Waals surface area (Å²) in [5.74, 6) is -5.74. The molecule has 0 aliphatic carbocycles. The largest absolute Gasteiger partial charge is 0.476 e. The van der Waals surface area contributed by atoms with E-state index in [2.05, 4.69) is 0 Å². The standard InChI is InChI=1S/C8H10O6/c1-4(2-5(9)7(11)12)3-6(10)8(13)14/h4H,2-3H2,1H3,(H,11,12)(H,13,14). The van der Waals surface area contributed by atoms with Gasteiger partial charge in [-0.1, -0.05) is 6.92 Å². The second-order valence-electron chi connectivity index (χ2n) is 2.97. The first-order chi connectivity index (χ1) is 6.34. The predicted octanol–water partition coefficient (Wildman–Crippen LogP) is -0.290. The Bertz CT molecular complexity index is 252. The van der Waals surface area contributed by atoms with E-state index >= 15 is 0 Å². The van der Waals surface area contributed by atoms with Crippen molar-refractivity contribution >= 4 is 23.5 Å². The summed E-state index contributed by atoms with van der Waals surface area (Å²) in [4.78, 5) is 41.5. The van der Waals surface area contributed by atoms with Crippen LogP contribution in [0.1, 0.15) is 19.8 Å². The summed E-state index contributed by atoms with van der Waals surface area (Å²) in [5, 5.41) is 16.4. The lowest BCUT2D eigenvalue weighted by Gasteiger charge is -2.05. The van der Waals surface area contributed by atoms with Crippen LogP contribution in [0.15, 0.2) is 0 Å².